The number of carbonyl (C=O) groups excluding carboxylic acids is 3. The number of para-hydroxylation sites is 1. The van der Waals surface area contributed by atoms with E-state index in [1.54, 1.807) is 21.3 Å². The van der Waals surface area contributed by atoms with Crippen molar-refractivity contribution in [3.63, 3.8) is 0 Å². The second kappa shape index (κ2) is 10.4. The van der Waals surface area contributed by atoms with Gasteiger partial charge in [0.25, 0.3) is 0 Å². The molecule has 1 fully saturated rings. The van der Waals surface area contributed by atoms with Gasteiger partial charge in [-0.1, -0.05) is 48.5 Å². The molecule has 2 aliphatic heterocycles. The highest BCUT2D eigenvalue weighted by Crippen LogP contribution is 2.35. The van der Waals surface area contributed by atoms with Crippen LogP contribution in [-0.4, -0.2) is 40.6 Å². The number of nitrogens with one attached hydrogen (secondary N) is 2. The molecule has 9 heteroatoms. The topological polar surface area (TPSA) is 96.3 Å². The van der Waals surface area contributed by atoms with Crippen LogP contribution in [0.5, 0.6) is 0 Å². The molecular weight excluding hydrogens is 462 g/mol. The van der Waals surface area contributed by atoms with Gasteiger partial charge < -0.3 is 15.5 Å². The van der Waals surface area contributed by atoms with Crippen LogP contribution in [0.4, 0.5) is 11.5 Å². The minimum absolute atomic E-state index is 0.0296. The van der Waals surface area contributed by atoms with Crippen LogP contribution in [0, 0.1) is 5.92 Å². The monoisotopic (exact) mass is 489 g/mol. The molecule has 1 saturated heterocycles. The summed E-state index contributed by atoms with van der Waals surface area (Å²) in [5, 5.41) is 10.5. The maximum absolute atomic E-state index is 13.2. The average molecular weight is 490 g/mol. The quantitative estimate of drug-likeness (QED) is 0.507. The van der Waals surface area contributed by atoms with E-state index in [9.17, 15) is 14.4 Å². The van der Waals surface area contributed by atoms with Crippen molar-refractivity contribution in [1.29, 1.82) is 0 Å². The predicted octanol–water partition coefficient (Wildman–Crippen LogP) is 2.98. The van der Waals surface area contributed by atoms with E-state index in [-0.39, 0.29) is 30.7 Å². The molecule has 180 valence electrons. The Balaban J connectivity index is 1.23. The molecule has 0 saturated carbocycles. The summed E-state index contributed by atoms with van der Waals surface area (Å²) in [5.74, 6) is 1.15. The Morgan fingerprint density at radius 2 is 1.77 bits per heavy atom. The molecule has 0 spiro atoms. The lowest BCUT2D eigenvalue weighted by Gasteiger charge is -2.17. The van der Waals surface area contributed by atoms with Crippen LogP contribution in [0.1, 0.15) is 23.2 Å². The van der Waals surface area contributed by atoms with Crippen LogP contribution in [0.25, 0.3) is 0 Å². The zero-order valence-corrected chi connectivity index (χ0v) is 20.1. The Morgan fingerprint density at radius 1 is 1.03 bits per heavy atom. The molecular formula is C26H27N5O3S. The van der Waals surface area contributed by atoms with Gasteiger partial charge in [-0.15, -0.1) is 0 Å². The normalized spacial score (nSPS) is 16.9. The average Bonchev–Trinajstić information content (AvgIpc) is 3.56. The third-order valence-electron chi connectivity index (χ3n) is 6.30. The van der Waals surface area contributed by atoms with E-state index < -0.39 is 5.92 Å². The molecule has 3 heterocycles. The first kappa shape index (κ1) is 23.2. The lowest BCUT2D eigenvalue weighted by atomic mass is 10.1. The number of hydrogen-bond donors (Lipinski definition) is 2. The van der Waals surface area contributed by atoms with Gasteiger partial charge in [0, 0.05) is 42.3 Å². The molecule has 3 aromatic rings. The fraction of sp³-hybridized carbons (Fsp3) is 0.308. The fourth-order valence-corrected chi connectivity index (χ4v) is 5.50. The van der Waals surface area contributed by atoms with Gasteiger partial charge in [0.15, 0.2) is 0 Å². The molecule has 2 N–H and O–H groups in total. The highest BCUT2D eigenvalue weighted by molar-refractivity contribution is 7.98. The van der Waals surface area contributed by atoms with E-state index in [0.717, 1.165) is 40.4 Å². The number of rotatable bonds is 8. The first-order valence-electron chi connectivity index (χ1n) is 11.7. The number of amides is 3. The number of nitrogens with zero attached hydrogens (tertiary/aromatic N) is 3. The minimum atomic E-state index is -0.463. The molecule has 1 unspecified atom stereocenters. The van der Waals surface area contributed by atoms with Gasteiger partial charge in [0.05, 0.1) is 11.6 Å². The Kier molecular flexibility index (Phi) is 6.85. The fourth-order valence-electron chi connectivity index (χ4n) is 4.46. The van der Waals surface area contributed by atoms with Crippen molar-refractivity contribution < 1.29 is 14.4 Å². The number of anilines is 2. The molecule has 0 aliphatic carbocycles. The summed E-state index contributed by atoms with van der Waals surface area (Å²) >= 11 is 1.73. The summed E-state index contributed by atoms with van der Waals surface area (Å²) in [6.45, 7) is 0.891. The van der Waals surface area contributed by atoms with Crippen molar-refractivity contribution in [2.24, 2.45) is 5.92 Å². The summed E-state index contributed by atoms with van der Waals surface area (Å²) in [5.41, 5.74) is 3.81. The van der Waals surface area contributed by atoms with Crippen LogP contribution in [0.3, 0.4) is 0 Å². The van der Waals surface area contributed by atoms with Crippen molar-refractivity contribution in [3.05, 3.63) is 77.5 Å². The Hall–Kier alpha value is -3.59. The standard InChI is InChI=1S/C26H27N5O3S/c32-23(27-12-11-18-7-3-1-4-8-18)15-31-25(21-16-35-17-22(21)29-31)28-26(34)19-13-24(33)30(14-19)20-9-5-2-6-10-20/h1-10,19H,11-17H2,(H,27,32)(H,28,34). The molecule has 2 aromatic carbocycles. The Bertz CT molecular complexity index is 1230. The summed E-state index contributed by atoms with van der Waals surface area (Å²) in [4.78, 5) is 40.0. The predicted molar refractivity (Wildman–Crippen MR) is 136 cm³/mol. The summed E-state index contributed by atoms with van der Waals surface area (Å²) in [6.07, 6.45) is 0.905. The first-order valence-corrected chi connectivity index (χ1v) is 12.9. The molecule has 1 aromatic heterocycles. The second-order valence-electron chi connectivity index (χ2n) is 8.74. The SMILES string of the molecule is O=C(Cn1nc2c(c1NC(=O)C1CC(=O)N(c3ccccc3)C1)CSC2)NCCc1ccccc1. The summed E-state index contributed by atoms with van der Waals surface area (Å²) < 4.78 is 1.59. The van der Waals surface area contributed by atoms with Crippen LogP contribution in [-0.2, 0) is 38.9 Å². The van der Waals surface area contributed by atoms with Crippen LogP contribution in [0.2, 0.25) is 0 Å². The van der Waals surface area contributed by atoms with Crippen LogP contribution in [0.15, 0.2) is 60.7 Å². The molecule has 3 amide bonds. The summed E-state index contributed by atoms with van der Waals surface area (Å²) in [6, 6.07) is 19.4. The van der Waals surface area contributed by atoms with E-state index >= 15 is 0 Å². The van der Waals surface area contributed by atoms with Gasteiger partial charge in [-0.25, -0.2) is 4.68 Å². The van der Waals surface area contributed by atoms with Crippen LogP contribution < -0.4 is 15.5 Å². The van der Waals surface area contributed by atoms with Crippen molar-refractivity contribution in [2.75, 3.05) is 23.3 Å². The lowest BCUT2D eigenvalue weighted by molar-refractivity contribution is -0.122. The number of thioether (sulfide) groups is 1. The Morgan fingerprint density at radius 3 is 2.54 bits per heavy atom. The van der Waals surface area contributed by atoms with E-state index in [4.69, 9.17) is 0 Å². The number of hydrogen-bond acceptors (Lipinski definition) is 5. The van der Waals surface area contributed by atoms with Gasteiger partial charge in [0.2, 0.25) is 17.7 Å². The van der Waals surface area contributed by atoms with Crippen molar-refractivity contribution in [3.8, 4) is 0 Å². The zero-order chi connectivity index (χ0) is 24.2. The van der Waals surface area contributed by atoms with E-state index in [0.29, 0.717) is 18.9 Å². The minimum Gasteiger partial charge on any atom is -0.354 e. The van der Waals surface area contributed by atoms with E-state index in [1.165, 1.54) is 0 Å². The van der Waals surface area contributed by atoms with E-state index in [2.05, 4.69) is 15.7 Å². The number of carbonyl (C=O) groups is 3. The van der Waals surface area contributed by atoms with Gasteiger partial charge in [-0.3, -0.25) is 14.4 Å². The molecule has 1 atom stereocenters. The Labute approximate surface area is 208 Å². The number of fused-ring (bicyclic) bond motifs is 1. The highest BCUT2D eigenvalue weighted by Gasteiger charge is 2.36. The van der Waals surface area contributed by atoms with Crippen molar-refractivity contribution >= 4 is 41.0 Å². The van der Waals surface area contributed by atoms with E-state index in [1.807, 2.05) is 60.7 Å². The third-order valence-corrected chi connectivity index (χ3v) is 7.27. The van der Waals surface area contributed by atoms with Crippen LogP contribution >= 0.6 is 11.8 Å². The summed E-state index contributed by atoms with van der Waals surface area (Å²) in [7, 11) is 0. The zero-order valence-electron chi connectivity index (χ0n) is 19.3. The third kappa shape index (κ3) is 5.24. The van der Waals surface area contributed by atoms with Gasteiger partial charge in [-0.05, 0) is 24.1 Å². The van der Waals surface area contributed by atoms with Crippen molar-refractivity contribution in [2.45, 2.75) is 30.9 Å². The molecule has 0 bridgehead atoms. The molecule has 2 aliphatic rings. The van der Waals surface area contributed by atoms with Gasteiger partial charge in [-0.2, -0.15) is 16.9 Å². The maximum atomic E-state index is 13.2. The highest BCUT2D eigenvalue weighted by atomic mass is 32.2. The maximum Gasteiger partial charge on any atom is 0.241 e. The molecule has 35 heavy (non-hydrogen) atoms. The first-order chi connectivity index (χ1) is 17.1. The second-order valence-corrected chi connectivity index (χ2v) is 9.73. The smallest absolute Gasteiger partial charge is 0.241 e. The van der Waals surface area contributed by atoms with Gasteiger partial charge >= 0.3 is 0 Å². The largest absolute Gasteiger partial charge is 0.354 e. The van der Waals surface area contributed by atoms with Gasteiger partial charge in [0.1, 0.15) is 12.4 Å². The molecule has 5 rings (SSSR count). The lowest BCUT2D eigenvalue weighted by Crippen LogP contribution is -2.32. The van der Waals surface area contributed by atoms with Crippen molar-refractivity contribution in [1.82, 2.24) is 15.1 Å². The molecule has 0 radical (unpaired) electrons. The molecule has 8 nitrogen and oxygen atoms in total. The number of aromatic nitrogens is 2. The number of benzene rings is 2.